The second-order valence-electron chi connectivity index (χ2n) is 6.48. The summed E-state index contributed by atoms with van der Waals surface area (Å²) >= 11 is 0. The summed E-state index contributed by atoms with van der Waals surface area (Å²) in [7, 11) is 0. The van der Waals surface area contributed by atoms with Crippen LogP contribution in [0.4, 0.5) is 0 Å². The predicted octanol–water partition coefficient (Wildman–Crippen LogP) is 3.97. The fraction of sp³-hybridized carbons (Fsp3) is 0.944. The van der Waals surface area contributed by atoms with Crippen molar-refractivity contribution < 1.29 is 4.79 Å². The lowest BCUT2D eigenvalue weighted by Gasteiger charge is -2.38. The van der Waals surface area contributed by atoms with E-state index in [1.807, 2.05) is 0 Å². The molecule has 1 aliphatic rings. The Morgan fingerprint density at radius 3 is 2.48 bits per heavy atom. The van der Waals surface area contributed by atoms with E-state index in [4.69, 9.17) is 0 Å². The summed E-state index contributed by atoms with van der Waals surface area (Å²) < 4.78 is 0. The summed E-state index contributed by atoms with van der Waals surface area (Å²) in [6, 6.07) is 0.609. The molecule has 21 heavy (non-hydrogen) atoms. The first kappa shape index (κ1) is 18.5. The number of amides is 1. The molecule has 0 aromatic rings. The van der Waals surface area contributed by atoms with Crippen LogP contribution in [0.3, 0.4) is 0 Å². The molecule has 0 spiro atoms. The zero-order valence-electron chi connectivity index (χ0n) is 14.5. The van der Waals surface area contributed by atoms with Crippen LogP contribution in [0.25, 0.3) is 0 Å². The molecular formula is C18H36N2O. The Morgan fingerprint density at radius 2 is 1.81 bits per heavy atom. The van der Waals surface area contributed by atoms with E-state index in [0.717, 1.165) is 38.9 Å². The van der Waals surface area contributed by atoms with E-state index < -0.39 is 0 Å². The summed E-state index contributed by atoms with van der Waals surface area (Å²) in [5.74, 6) is 1.02. The van der Waals surface area contributed by atoms with Gasteiger partial charge < -0.3 is 10.2 Å². The number of hydrogen-bond donors (Lipinski definition) is 1. The van der Waals surface area contributed by atoms with Crippen LogP contribution in [-0.2, 0) is 4.79 Å². The number of hydrogen-bond acceptors (Lipinski definition) is 2. The third-order valence-electron chi connectivity index (χ3n) is 4.82. The second-order valence-corrected chi connectivity index (χ2v) is 6.48. The van der Waals surface area contributed by atoms with Crippen LogP contribution >= 0.6 is 0 Å². The number of carbonyl (C=O) groups is 1. The number of nitrogens with zero attached hydrogens (tertiary/aromatic N) is 1. The number of rotatable bonds is 10. The minimum Gasteiger partial charge on any atom is -0.342 e. The highest BCUT2D eigenvalue weighted by Gasteiger charge is 2.29. The lowest BCUT2D eigenvalue weighted by atomic mass is 9.89. The predicted molar refractivity (Wildman–Crippen MR) is 90.4 cm³/mol. The van der Waals surface area contributed by atoms with E-state index in [2.05, 4.69) is 31.0 Å². The fourth-order valence-electron chi connectivity index (χ4n) is 3.42. The van der Waals surface area contributed by atoms with E-state index in [-0.39, 0.29) is 0 Å². The van der Waals surface area contributed by atoms with E-state index >= 15 is 0 Å². The zero-order valence-corrected chi connectivity index (χ0v) is 14.5. The maximum Gasteiger partial charge on any atom is 0.222 e. The molecule has 3 heteroatoms. The molecule has 0 aliphatic carbocycles. The minimum absolute atomic E-state index is 0.388. The van der Waals surface area contributed by atoms with Gasteiger partial charge in [0, 0.05) is 25.6 Å². The highest BCUT2D eigenvalue weighted by Crippen LogP contribution is 2.21. The molecule has 2 atom stereocenters. The van der Waals surface area contributed by atoms with Crippen molar-refractivity contribution in [3.8, 4) is 0 Å². The molecule has 3 nitrogen and oxygen atoms in total. The van der Waals surface area contributed by atoms with Crippen LogP contribution in [0.2, 0.25) is 0 Å². The normalized spacial score (nSPS) is 22.5. The maximum absolute atomic E-state index is 12.3. The number of piperidine rings is 1. The Kier molecular flexibility index (Phi) is 9.73. The van der Waals surface area contributed by atoms with Gasteiger partial charge >= 0.3 is 0 Å². The Hall–Kier alpha value is -0.570. The summed E-state index contributed by atoms with van der Waals surface area (Å²) in [4.78, 5) is 14.4. The summed E-state index contributed by atoms with van der Waals surface area (Å²) in [5, 5.41) is 3.58. The van der Waals surface area contributed by atoms with Gasteiger partial charge in [-0.3, -0.25) is 4.79 Å². The highest BCUT2D eigenvalue weighted by molar-refractivity contribution is 5.76. The maximum atomic E-state index is 12.3. The summed E-state index contributed by atoms with van der Waals surface area (Å²) in [5.41, 5.74) is 0. The van der Waals surface area contributed by atoms with Crippen molar-refractivity contribution in [2.24, 2.45) is 5.92 Å². The summed E-state index contributed by atoms with van der Waals surface area (Å²) in [6.45, 7) is 9.60. The lowest BCUT2D eigenvalue weighted by molar-refractivity contribution is -0.133. The number of nitrogens with one attached hydrogen (secondary N) is 1. The van der Waals surface area contributed by atoms with E-state index in [1.165, 1.54) is 38.5 Å². The van der Waals surface area contributed by atoms with Gasteiger partial charge in [0.1, 0.15) is 0 Å². The van der Waals surface area contributed by atoms with Gasteiger partial charge in [-0.2, -0.15) is 0 Å². The van der Waals surface area contributed by atoms with Gasteiger partial charge in [-0.15, -0.1) is 0 Å². The van der Waals surface area contributed by atoms with Crippen molar-refractivity contribution in [1.82, 2.24) is 10.2 Å². The molecule has 124 valence electrons. The first-order valence-corrected chi connectivity index (χ1v) is 9.24. The SMILES string of the molecule is CCCCCCCCC(=O)N1CCC(NCC)C(CC)C1. The Labute approximate surface area is 131 Å². The average Bonchev–Trinajstić information content (AvgIpc) is 2.51. The van der Waals surface area contributed by atoms with Gasteiger partial charge in [-0.05, 0) is 25.3 Å². The molecule has 0 saturated carbocycles. The summed E-state index contributed by atoms with van der Waals surface area (Å²) in [6.07, 6.45) is 10.6. The van der Waals surface area contributed by atoms with Crippen molar-refractivity contribution in [3.05, 3.63) is 0 Å². The molecule has 1 N–H and O–H groups in total. The lowest BCUT2D eigenvalue weighted by Crippen LogP contribution is -2.50. The Morgan fingerprint density at radius 1 is 1.10 bits per heavy atom. The molecule has 1 fully saturated rings. The fourth-order valence-corrected chi connectivity index (χ4v) is 3.42. The van der Waals surface area contributed by atoms with E-state index in [9.17, 15) is 4.79 Å². The first-order chi connectivity index (χ1) is 10.2. The van der Waals surface area contributed by atoms with Crippen LogP contribution in [0.15, 0.2) is 0 Å². The zero-order chi connectivity index (χ0) is 15.5. The highest BCUT2D eigenvalue weighted by atomic mass is 16.2. The van der Waals surface area contributed by atoms with Crippen LogP contribution < -0.4 is 5.32 Å². The largest absolute Gasteiger partial charge is 0.342 e. The van der Waals surface area contributed by atoms with E-state index in [1.54, 1.807) is 0 Å². The third kappa shape index (κ3) is 6.82. The molecular weight excluding hydrogens is 260 g/mol. The second kappa shape index (κ2) is 11.1. The molecule has 2 unspecified atom stereocenters. The molecule has 0 aromatic carbocycles. The Bertz CT molecular complexity index is 280. The van der Waals surface area contributed by atoms with Gasteiger partial charge in [0.25, 0.3) is 0 Å². The molecule has 1 aliphatic heterocycles. The standard InChI is InChI=1S/C18H36N2O/c1-4-7-8-9-10-11-12-18(21)20-14-13-17(19-6-3)16(5-2)15-20/h16-17,19H,4-15H2,1-3H3. The first-order valence-electron chi connectivity index (χ1n) is 9.24. The monoisotopic (exact) mass is 296 g/mol. The number of carbonyl (C=O) groups excluding carboxylic acids is 1. The quantitative estimate of drug-likeness (QED) is 0.619. The number of likely N-dealkylation sites (tertiary alicyclic amines) is 1. The van der Waals surface area contributed by atoms with Crippen molar-refractivity contribution in [3.63, 3.8) is 0 Å². The van der Waals surface area contributed by atoms with Crippen LogP contribution in [0, 0.1) is 5.92 Å². The molecule has 1 rings (SSSR count). The van der Waals surface area contributed by atoms with Crippen LogP contribution in [-0.4, -0.2) is 36.5 Å². The van der Waals surface area contributed by atoms with Crippen molar-refractivity contribution in [1.29, 1.82) is 0 Å². The molecule has 0 bridgehead atoms. The van der Waals surface area contributed by atoms with Gasteiger partial charge in [-0.1, -0.05) is 59.3 Å². The number of unbranched alkanes of at least 4 members (excludes halogenated alkanes) is 5. The van der Waals surface area contributed by atoms with Gasteiger partial charge in [-0.25, -0.2) is 0 Å². The topological polar surface area (TPSA) is 32.3 Å². The van der Waals surface area contributed by atoms with Crippen molar-refractivity contribution in [2.45, 2.75) is 84.6 Å². The Balaban J connectivity index is 2.22. The van der Waals surface area contributed by atoms with E-state index in [0.29, 0.717) is 17.9 Å². The smallest absolute Gasteiger partial charge is 0.222 e. The van der Waals surface area contributed by atoms with Gasteiger partial charge in [0.2, 0.25) is 5.91 Å². The average molecular weight is 296 g/mol. The molecule has 1 heterocycles. The molecule has 1 amide bonds. The molecule has 1 saturated heterocycles. The van der Waals surface area contributed by atoms with Gasteiger partial charge in [0.05, 0.1) is 0 Å². The van der Waals surface area contributed by atoms with Crippen molar-refractivity contribution in [2.75, 3.05) is 19.6 Å². The minimum atomic E-state index is 0.388. The van der Waals surface area contributed by atoms with Gasteiger partial charge in [0.15, 0.2) is 0 Å². The third-order valence-corrected chi connectivity index (χ3v) is 4.82. The van der Waals surface area contributed by atoms with Crippen LogP contribution in [0.5, 0.6) is 0 Å². The van der Waals surface area contributed by atoms with Crippen LogP contribution in [0.1, 0.15) is 78.6 Å². The van der Waals surface area contributed by atoms with Crippen molar-refractivity contribution >= 4 is 5.91 Å². The molecule has 0 aromatic heterocycles. The molecule has 0 radical (unpaired) electrons.